The van der Waals surface area contributed by atoms with Crippen LogP contribution in [0.3, 0.4) is 0 Å². The van der Waals surface area contributed by atoms with E-state index in [4.69, 9.17) is 10.8 Å². The first-order chi connectivity index (χ1) is 13.5. The summed E-state index contributed by atoms with van der Waals surface area (Å²) in [4.78, 5) is 30.9. The zero-order valence-electron chi connectivity index (χ0n) is 14.3. The molecular weight excluding hydrogens is 367 g/mol. The molecule has 0 unspecified atom stereocenters. The van der Waals surface area contributed by atoms with Gasteiger partial charge in [0.25, 0.3) is 5.91 Å². The monoisotopic (exact) mass is 382 g/mol. The molecule has 0 aliphatic rings. The summed E-state index contributed by atoms with van der Waals surface area (Å²) in [6, 6.07) is 11.5. The highest BCUT2D eigenvalue weighted by Crippen LogP contribution is 2.25. The van der Waals surface area contributed by atoms with E-state index in [9.17, 15) is 14.0 Å². The fourth-order valence-electron chi connectivity index (χ4n) is 2.26. The summed E-state index contributed by atoms with van der Waals surface area (Å²) in [5.74, 6) is -2.06. The zero-order valence-corrected chi connectivity index (χ0v) is 14.3. The van der Waals surface area contributed by atoms with Crippen LogP contribution in [0.2, 0.25) is 0 Å². The topological polar surface area (TPSA) is 142 Å². The maximum absolute atomic E-state index is 13.6. The number of nitrogens with zero attached hydrogens (tertiary/aromatic N) is 2. The van der Waals surface area contributed by atoms with Crippen LogP contribution in [0.4, 0.5) is 27.4 Å². The Kier molecular flexibility index (Phi) is 5.30. The van der Waals surface area contributed by atoms with Crippen molar-refractivity contribution < 1.29 is 19.1 Å². The van der Waals surface area contributed by atoms with Crippen molar-refractivity contribution in [2.75, 3.05) is 16.5 Å². The maximum atomic E-state index is 13.6. The maximum Gasteiger partial charge on any atom is 0.335 e. The molecule has 142 valence electrons. The number of anilines is 4. The minimum absolute atomic E-state index is 0.0960. The van der Waals surface area contributed by atoms with Crippen LogP contribution in [-0.4, -0.2) is 27.0 Å². The van der Waals surface area contributed by atoms with E-state index in [-0.39, 0.29) is 28.5 Å². The molecule has 0 fully saturated rings. The van der Waals surface area contributed by atoms with Gasteiger partial charge in [-0.15, -0.1) is 0 Å². The second kappa shape index (κ2) is 7.99. The lowest BCUT2D eigenvalue weighted by Gasteiger charge is -2.13. The number of rotatable bonds is 6. The Morgan fingerprint density at radius 3 is 2.36 bits per heavy atom. The molecule has 0 saturated carbocycles. The molecular formula is C18H15FN6O3. The number of hydrogen-bond donors (Lipinski definition) is 5. The SMILES string of the molecule is Nc1c(NNC(=O)c2ccccc2F)ncnc1Nc1ccc(C(=O)O)cc1. The van der Waals surface area contributed by atoms with Crippen LogP contribution in [0.5, 0.6) is 0 Å². The number of benzene rings is 2. The number of nitrogen functional groups attached to an aromatic ring is 1. The first kappa shape index (κ1) is 18.6. The third-order valence-electron chi connectivity index (χ3n) is 3.69. The van der Waals surface area contributed by atoms with Gasteiger partial charge in [0.2, 0.25) is 0 Å². The lowest BCUT2D eigenvalue weighted by atomic mass is 10.2. The first-order valence-corrected chi connectivity index (χ1v) is 7.97. The van der Waals surface area contributed by atoms with Crippen molar-refractivity contribution in [2.45, 2.75) is 0 Å². The lowest BCUT2D eigenvalue weighted by molar-refractivity contribution is 0.0696. The van der Waals surface area contributed by atoms with E-state index >= 15 is 0 Å². The standard InChI is InChI=1S/C18H15FN6O3/c19-13-4-2-1-3-12(13)17(26)25-24-16-14(20)15(21-9-22-16)23-11-7-5-10(6-8-11)18(27)28/h1-9H,20H2,(H,25,26)(H,27,28)(H2,21,22,23,24). The average Bonchev–Trinajstić information content (AvgIpc) is 2.69. The summed E-state index contributed by atoms with van der Waals surface area (Å²) >= 11 is 0. The fraction of sp³-hybridized carbons (Fsp3) is 0. The first-order valence-electron chi connectivity index (χ1n) is 7.97. The van der Waals surface area contributed by atoms with Crippen LogP contribution in [-0.2, 0) is 0 Å². The second-order valence-corrected chi connectivity index (χ2v) is 5.55. The van der Waals surface area contributed by atoms with E-state index in [2.05, 4.69) is 26.1 Å². The molecule has 0 bridgehead atoms. The molecule has 3 aromatic rings. The van der Waals surface area contributed by atoms with E-state index < -0.39 is 17.7 Å². The number of halogens is 1. The van der Waals surface area contributed by atoms with Crippen molar-refractivity contribution in [3.8, 4) is 0 Å². The highest BCUT2D eigenvalue weighted by molar-refractivity contribution is 5.95. The number of carbonyl (C=O) groups is 2. The van der Waals surface area contributed by atoms with E-state index in [0.29, 0.717) is 5.69 Å². The minimum atomic E-state index is -1.04. The van der Waals surface area contributed by atoms with Gasteiger partial charge < -0.3 is 16.2 Å². The average molecular weight is 382 g/mol. The molecule has 1 amide bonds. The van der Waals surface area contributed by atoms with Crippen LogP contribution < -0.4 is 21.9 Å². The van der Waals surface area contributed by atoms with Gasteiger partial charge in [-0.25, -0.2) is 19.2 Å². The van der Waals surface area contributed by atoms with Crippen LogP contribution in [0.1, 0.15) is 20.7 Å². The number of nitrogens with two attached hydrogens (primary N) is 1. The number of carbonyl (C=O) groups excluding carboxylic acids is 1. The van der Waals surface area contributed by atoms with E-state index in [0.717, 1.165) is 0 Å². The number of aromatic carboxylic acids is 1. The molecule has 2 aromatic carbocycles. The summed E-state index contributed by atoms with van der Waals surface area (Å²) < 4.78 is 13.6. The molecule has 0 saturated heterocycles. The van der Waals surface area contributed by atoms with Crippen molar-refractivity contribution in [2.24, 2.45) is 0 Å². The second-order valence-electron chi connectivity index (χ2n) is 5.55. The van der Waals surface area contributed by atoms with Crippen molar-refractivity contribution in [3.63, 3.8) is 0 Å². The van der Waals surface area contributed by atoms with Gasteiger partial charge in [-0.05, 0) is 36.4 Å². The number of hydrazine groups is 1. The Balaban J connectivity index is 1.71. The molecule has 0 radical (unpaired) electrons. The summed E-state index contributed by atoms with van der Waals surface area (Å²) in [5.41, 5.74) is 11.5. The highest BCUT2D eigenvalue weighted by Gasteiger charge is 2.13. The Bertz CT molecular complexity index is 1030. The summed E-state index contributed by atoms with van der Waals surface area (Å²) in [6.45, 7) is 0. The van der Waals surface area contributed by atoms with Gasteiger partial charge >= 0.3 is 5.97 Å². The number of nitrogens with one attached hydrogen (secondary N) is 3. The number of carboxylic acid groups (broad SMARTS) is 1. The number of hydrogen-bond acceptors (Lipinski definition) is 7. The van der Waals surface area contributed by atoms with Crippen LogP contribution in [0, 0.1) is 5.82 Å². The Hall–Kier alpha value is -4.21. The molecule has 0 aliphatic heterocycles. The predicted molar refractivity (Wildman–Crippen MR) is 101 cm³/mol. The van der Waals surface area contributed by atoms with Gasteiger partial charge in [0.1, 0.15) is 17.8 Å². The molecule has 28 heavy (non-hydrogen) atoms. The van der Waals surface area contributed by atoms with Gasteiger partial charge in [0.15, 0.2) is 11.6 Å². The Morgan fingerprint density at radius 2 is 1.68 bits per heavy atom. The molecule has 0 spiro atoms. The molecule has 6 N–H and O–H groups in total. The van der Waals surface area contributed by atoms with Crippen LogP contribution in [0.15, 0.2) is 54.9 Å². The molecule has 1 aromatic heterocycles. The van der Waals surface area contributed by atoms with Crippen molar-refractivity contribution >= 4 is 34.9 Å². The highest BCUT2D eigenvalue weighted by atomic mass is 19.1. The molecule has 10 heteroatoms. The van der Waals surface area contributed by atoms with E-state index in [1.165, 1.54) is 42.7 Å². The molecule has 0 aliphatic carbocycles. The van der Waals surface area contributed by atoms with E-state index in [1.54, 1.807) is 12.1 Å². The quantitative estimate of drug-likeness (QED) is 0.409. The van der Waals surface area contributed by atoms with Crippen molar-refractivity contribution in [3.05, 3.63) is 71.8 Å². The predicted octanol–water partition coefficient (Wildman–Crippen LogP) is 2.40. The molecule has 3 rings (SSSR count). The largest absolute Gasteiger partial charge is 0.478 e. The van der Waals surface area contributed by atoms with E-state index in [1.807, 2.05) is 0 Å². The summed E-state index contributed by atoms with van der Waals surface area (Å²) in [6.07, 6.45) is 1.21. The summed E-state index contributed by atoms with van der Waals surface area (Å²) in [5, 5.41) is 11.8. The van der Waals surface area contributed by atoms with Gasteiger partial charge in [0, 0.05) is 5.69 Å². The van der Waals surface area contributed by atoms with Crippen molar-refractivity contribution in [1.29, 1.82) is 0 Å². The van der Waals surface area contributed by atoms with Gasteiger partial charge in [0.05, 0.1) is 11.1 Å². The zero-order chi connectivity index (χ0) is 20.1. The number of carboxylic acids is 1. The minimum Gasteiger partial charge on any atom is -0.478 e. The van der Waals surface area contributed by atoms with Crippen LogP contribution in [0.25, 0.3) is 0 Å². The number of aromatic nitrogens is 2. The van der Waals surface area contributed by atoms with Gasteiger partial charge in [-0.1, -0.05) is 12.1 Å². The van der Waals surface area contributed by atoms with Crippen LogP contribution >= 0.6 is 0 Å². The third kappa shape index (κ3) is 4.12. The van der Waals surface area contributed by atoms with Gasteiger partial charge in [-0.2, -0.15) is 0 Å². The molecule has 9 nitrogen and oxygen atoms in total. The molecule has 0 atom stereocenters. The van der Waals surface area contributed by atoms with Crippen molar-refractivity contribution in [1.82, 2.24) is 15.4 Å². The number of amides is 1. The smallest absolute Gasteiger partial charge is 0.335 e. The Labute approximate surface area is 158 Å². The normalized spacial score (nSPS) is 10.2. The molecule has 1 heterocycles. The fourth-order valence-corrected chi connectivity index (χ4v) is 2.26. The Morgan fingerprint density at radius 1 is 1.00 bits per heavy atom. The third-order valence-corrected chi connectivity index (χ3v) is 3.69. The summed E-state index contributed by atoms with van der Waals surface area (Å²) in [7, 11) is 0. The lowest BCUT2D eigenvalue weighted by Crippen LogP contribution is -2.31. The van der Waals surface area contributed by atoms with Gasteiger partial charge in [-0.3, -0.25) is 15.6 Å².